The maximum absolute atomic E-state index is 10.5. The van der Waals surface area contributed by atoms with Gasteiger partial charge >= 0.3 is 35.5 Å². The van der Waals surface area contributed by atoms with E-state index >= 15 is 0 Å². The van der Waals surface area contributed by atoms with Crippen LogP contribution in [0.25, 0.3) is 12.2 Å². The van der Waals surface area contributed by atoms with Gasteiger partial charge in [-0.05, 0) is 37.6 Å². The molecule has 0 fully saturated rings. The van der Waals surface area contributed by atoms with Crippen LogP contribution in [0.5, 0.6) is 0 Å². The van der Waals surface area contributed by atoms with Gasteiger partial charge in [0, 0.05) is 17.1 Å². The molecule has 0 amide bonds. The summed E-state index contributed by atoms with van der Waals surface area (Å²) in [6.07, 6.45) is 4.12. The predicted molar refractivity (Wildman–Crippen MR) is 94.8 cm³/mol. The van der Waals surface area contributed by atoms with Crippen LogP contribution in [0.15, 0.2) is 24.3 Å². The van der Waals surface area contributed by atoms with Gasteiger partial charge in [0.25, 0.3) is 0 Å². The number of rotatable bonds is 6. The van der Waals surface area contributed by atoms with Crippen LogP contribution in [0.3, 0.4) is 0 Å². The van der Waals surface area contributed by atoms with Gasteiger partial charge in [-0.1, -0.05) is 18.2 Å². The molecule has 0 aliphatic rings. The van der Waals surface area contributed by atoms with E-state index in [2.05, 4.69) is 17.2 Å². The van der Waals surface area contributed by atoms with Crippen molar-refractivity contribution in [3.05, 3.63) is 45.4 Å². The number of carboxylic acids is 1. The number of nitrogens with one attached hydrogen (secondary N) is 1. The molecule has 0 radical (unpaired) electrons. The maximum atomic E-state index is 10.5. The summed E-state index contributed by atoms with van der Waals surface area (Å²) in [5.41, 5.74) is 3.05. The number of thiazole rings is 1. The normalized spacial score (nSPS) is 10.5. The zero-order valence-corrected chi connectivity index (χ0v) is 12.9. The first-order valence-electron chi connectivity index (χ1n) is 6.72. The van der Waals surface area contributed by atoms with Gasteiger partial charge in [0.2, 0.25) is 0 Å². The Balaban J connectivity index is 0.00000242. The van der Waals surface area contributed by atoms with Crippen molar-refractivity contribution < 1.29 is 9.90 Å². The van der Waals surface area contributed by atoms with Crippen molar-refractivity contribution >= 4 is 64.7 Å². The fourth-order valence-electron chi connectivity index (χ4n) is 1.80. The molecule has 0 aliphatic heterocycles. The van der Waals surface area contributed by atoms with Crippen molar-refractivity contribution in [3.8, 4) is 0 Å². The van der Waals surface area contributed by atoms with Gasteiger partial charge in [-0.3, -0.25) is 4.79 Å². The van der Waals surface area contributed by atoms with Crippen molar-refractivity contribution in [1.29, 1.82) is 0 Å². The Morgan fingerprint density at radius 1 is 1.36 bits per heavy atom. The third kappa shape index (κ3) is 5.93. The van der Waals surface area contributed by atoms with Crippen LogP contribution < -0.4 is 5.32 Å². The van der Waals surface area contributed by atoms with Gasteiger partial charge in [-0.2, -0.15) is 0 Å². The summed E-state index contributed by atoms with van der Waals surface area (Å²) < 4.78 is 0. The molecule has 1 aromatic carbocycles. The Morgan fingerprint density at radius 2 is 2.14 bits per heavy atom. The summed E-state index contributed by atoms with van der Waals surface area (Å²) in [5.74, 6) is -0.798. The second-order valence-corrected chi connectivity index (χ2v) is 5.96. The van der Waals surface area contributed by atoms with Gasteiger partial charge in [-0.25, -0.2) is 4.98 Å². The zero-order chi connectivity index (χ0) is 15.2. The van der Waals surface area contributed by atoms with Gasteiger partial charge in [-0.15, -0.1) is 11.3 Å². The fraction of sp³-hybridized carbons (Fsp3) is 0.250. The molecule has 1 heterocycles. The van der Waals surface area contributed by atoms with E-state index in [1.165, 1.54) is 4.88 Å². The number of carboxylic acid groups (broad SMARTS) is 1. The molecule has 2 rings (SSSR count). The van der Waals surface area contributed by atoms with E-state index in [1.54, 1.807) is 11.3 Å². The van der Waals surface area contributed by atoms with E-state index in [9.17, 15) is 4.79 Å². The van der Waals surface area contributed by atoms with Crippen LogP contribution in [0.2, 0.25) is 0 Å². The van der Waals surface area contributed by atoms with E-state index in [1.807, 2.05) is 43.3 Å². The average molecular weight is 326 g/mol. The minimum absolute atomic E-state index is 0. The molecule has 0 saturated heterocycles. The number of nitrogens with zero attached hydrogens (tertiary/aromatic N) is 1. The van der Waals surface area contributed by atoms with Gasteiger partial charge in [0.1, 0.15) is 5.01 Å². The molecule has 0 atom stereocenters. The molecule has 112 valence electrons. The molecule has 1 aromatic heterocycles. The molecule has 0 aliphatic carbocycles. The molecular weight excluding hydrogens is 307 g/mol. The van der Waals surface area contributed by atoms with Gasteiger partial charge in [0.05, 0.1) is 12.1 Å². The SMILES string of the molecule is Cc1nc(/C=C/c2cccc(NCCC(=O)O)c2)sc1C.[NaH]. The third-order valence-electron chi connectivity index (χ3n) is 3.02. The number of hydrogen-bond acceptors (Lipinski definition) is 4. The molecule has 0 spiro atoms. The minimum atomic E-state index is -0.798. The summed E-state index contributed by atoms with van der Waals surface area (Å²) in [5, 5.41) is 12.7. The Morgan fingerprint density at radius 3 is 2.77 bits per heavy atom. The molecule has 0 bridgehead atoms. The first-order valence-corrected chi connectivity index (χ1v) is 7.54. The molecule has 2 N–H and O–H groups in total. The van der Waals surface area contributed by atoms with Crippen LogP contribution in [-0.2, 0) is 4.79 Å². The van der Waals surface area contributed by atoms with E-state index in [4.69, 9.17) is 5.11 Å². The summed E-state index contributed by atoms with van der Waals surface area (Å²) in [7, 11) is 0. The fourth-order valence-corrected chi connectivity index (χ4v) is 2.63. The van der Waals surface area contributed by atoms with Crippen LogP contribution >= 0.6 is 11.3 Å². The molecule has 6 heteroatoms. The predicted octanol–water partition coefficient (Wildman–Crippen LogP) is 3.17. The van der Waals surface area contributed by atoms with Crippen LogP contribution in [0, 0.1) is 13.8 Å². The Kier molecular flexibility index (Phi) is 7.82. The summed E-state index contributed by atoms with van der Waals surface area (Å²) in [6.45, 7) is 4.50. The zero-order valence-electron chi connectivity index (χ0n) is 12.1. The molecule has 0 saturated carbocycles. The number of benzene rings is 1. The van der Waals surface area contributed by atoms with Gasteiger partial charge in [0.15, 0.2) is 0 Å². The number of aromatic nitrogens is 1. The first kappa shape index (κ1) is 18.9. The topological polar surface area (TPSA) is 62.2 Å². The number of aryl methyl sites for hydroxylation is 2. The number of anilines is 1. The number of carbonyl (C=O) groups is 1. The van der Waals surface area contributed by atoms with Crippen LogP contribution in [0.1, 0.15) is 27.6 Å². The number of aliphatic carboxylic acids is 1. The standard InChI is InChI=1S/C16H18N2O2S.Na.H/c1-11-12(2)21-15(18-11)7-6-13-4-3-5-14(10-13)17-9-8-16(19)20;;/h3-7,10,17H,8-9H2,1-2H3,(H,19,20);;/b7-6+;;. The van der Waals surface area contributed by atoms with E-state index < -0.39 is 5.97 Å². The first-order chi connectivity index (χ1) is 10.0. The van der Waals surface area contributed by atoms with Crippen LogP contribution in [0.4, 0.5) is 5.69 Å². The summed E-state index contributed by atoms with van der Waals surface area (Å²) >= 11 is 1.68. The molecular formula is C16H19N2NaO2S. The van der Waals surface area contributed by atoms with Crippen molar-refractivity contribution in [1.82, 2.24) is 4.98 Å². The third-order valence-corrected chi connectivity index (χ3v) is 4.06. The second-order valence-electron chi connectivity index (χ2n) is 4.72. The molecule has 2 aromatic rings. The summed E-state index contributed by atoms with van der Waals surface area (Å²) in [4.78, 5) is 16.2. The van der Waals surface area contributed by atoms with E-state index in [-0.39, 0.29) is 36.0 Å². The van der Waals surface area contributed by atoms with Crippen molar-refractivity contribution in [2.24, 2.45) is 0 Å². The Bertz CT molecular complexity index is 648. The monoisotopic (exact) mass is 326 g/mol. The Labute approximate surface area is 156 Å². The van der Waals surface area contributed by atoms with Crippen molar-refractivity contribution in [2.45, 2.75) is 20.3 Å². The molecule has 22 heavy (non-hydrogen) atoms. The Hall–Kier alpha value is -1.14. The second kappa shape index (κ2) is 9.10. The average Bonchev–Trinajstić information content (AvgIpc) is 2.76. The van der Waals surface area contributed by atoms with Crippen molar-refractivity contribution in [2.75, 3.05) is 11.9 Å². The quantitative estimate of drug-likeness (QED) is 0.801. The van der Waals surface area contributed by atoms with E-state index in [0.29, 0.717) is 6.54 Å². The van der Waals surface area contributed by atoms with Crippen molar-refractivity contribution in [3.63, 3.8) is 0 Å². The summed E-state index contributed by atoms with van der Waals surface area (Å²) in [6, 6.07) is 7.87. The van der Waals surface area contributed by atoms with Crippen LogP contribution in [-0.4, -0.2) is 52.2 Å². The van der Waals surface area contributed by atoms with E-state index in [0.717, 1.165) is 22.0 Å². The van der Waals surface area contributed by atoms with Gasteiger partial charge < -0.3 is 10.4 Å². The molecule has 4 nitrogen and oxygen atoms in total. The number of hydrogen-bond donors (Lipinski definition) is 2. The molecule has 0 unspecified atom stereocenters.